The molecule has 1 fully saturated rings. The first-order chi connectivity index (χ1) is 12.5. The third kappa shape index (κ3) is 4.81. The van der Waals surface area contributed by atoms with Crippen molar-refractivity contribution in [1.82, 2.24) is 15.2 Å². The number of hydrogen-bond acceptors (Lipinski definition) is 5. The van der Waals surface area contributed by atoms with Crippen LogP contribution < -0.4 is 5.32 Å². The first kappa shape index (κ1) is 19.3. The Morgan fingerprint density at radius 3 is 2.77 bits per heavy atom. The van der Waals surface area contributed by atoms with Gasteiger partial charge in [0.2, 0.25) is 11.8 Å². The van der Waals surface area contributed by atoms with Gasteiger partial charge in [0.25, 0.3) is 0 Å². The van der Waals surface area contributed by atoms with E-state index in [1.54, 1.807) is 18.0 Å². The molecule has 1 amide bonds. The topological polar surface area (TPSA) is 58.4 Å². The van der Waals surface area contributed by atoms with Gasteiger partial charge in [-0.1, -0.05) is 11.6 Å². The lowest BCUT2D eigenvalue weighted by Crippen LogP contribution is -2.46. The van der Waals surface area contributed by atoms with Gasteiger partial charge in [0, 0.05) is 23.7 Å². The first-order valence-electron chi connectivity index (χ1n) is 8.84. The van der Waals surface area contributed by atoms with Crippen LogP contribution in [0.1, 0.15) is 25.7 Å². The Bertz CT molecular complexity index is 729. The summed E-state index contributed by atoms with van der Waals surface area (Å²) in [5.74, 6) is 2.08. The number of thioether (sulfide) groups is 1. The van der Waals surface area contributed by atoms with E-state index < -0.39 is 0 Å². The summed E-state index contributed by atoms with van der Waals surface area (Å²) in [5, 5.41) is 3.90. The lowest BCUT2D eigenvalue weighted by Gasteiger charge is -2.33. The number of oxazole rings is 1. The Morgan fingerprint density at radius 2 is 2.08 bits per heavy atom. The molecule has 0 radical (unpaired) electrons. The van der Waals surface area contributed by atoms with Crippen LogP contribution in [-0.4, -0.2) is 47.2 Å². The molecule has 7 heteroatoms. The van der Waals surface area contributed by atoms with E-state index >= 15 is 0 Å². The number of benzene rings is 1. The molecule has 5 nitrogen and oxygen atoms in total. The third-order valence-corrected chi connectivity index (χ3v) is 6.06. The summed E-state index contributed by atoms with van der Waals surface area (Å²) in [6.45, 7) is 3.91. The van der Waals surface area contributed by atoms with Gasteiger partial charge in [-0.2, -0.15) is 0 Å². The van der Waals surface area contributed by atoms with Crippen molar-refractivity contribution < 1.29 is 9.21 Å². The number of halogens is 1. The monoisotopic (exact) mass is 393 g/mol. The largest absolute Gasteiger partial charge is 0.440 e. The van der Waals surface area contributed by atoms with Gasteiger partial charge in [-0.3, -0.25) is 4.79 Å². The van der Waals surface area contributed by atoms with Gasteiger partial charge >= 0.3 is 0 Å². The predicted octanol–water partition coefficient (Wildman–Crippen LogP) is 3.83. The molecule has 1 aliphatic rings. The van der Waals surface area contributed by atoms with Crippen LogP contribution in [0, 0.1) is 0 Å². The van der Waals surface area contributed by atoms with E-state index in [0.717, 1.165) is 31.5 Å². The van der Waals surface area contributed by atoms with E-state index in [1.807, 2.05) is 43.1 Å². The molecule has 0 aliphatic carbocycles. The molecule has 1 atom stereocenters. The van der Waals surface area contributed by atoms with Crippen LogP contribution in [0.4, 0.5) is 0 Å². The van der Waals surface area contributed by atoms with Crippen molar-refractivity contribution in [2.75, 3.05) is 20.1 Å². The van der Waals surface area contributed by atoms with Gasteiger partial charge in [0.15, 0.2) is 5.76 Å². The minimum absolute atomic E-state index is 0.124. The molecule has 0 saturated carbocycles. The Labute approximate surface area is 163 Å². The number of aromatic nitrogens is 1. The van der Waals surface area contributed by atoms with Crippen molar-refractivity contribution in [2.45, 2.75) is 36.8 Å². The SMILES string of the molecule is CC(SCc1ncc(-c2ccc(Cl)cc2)o1)C(=O)N(C)C1CCNCC1. The lowest BCUT2D eigenvalue weighted by atomic mass is 10.1. The fraction of sp³-hybridized carbons (Fsp3) is 0.474. The fourth-order valence-electron chi connectivity index (χ4n) is 3.05. The van der Waals surface area contributed by atoms with Gasteiger partial charge in [0.1, 0.15) is 0 Å². The fourth-order valence-corrected chi connectivity index (χ4v) is 4.01. The zero-order valence-corrected chi connectivity index (χ0v) is 16.6. The molecule has 3 rings (SSSR count). The molecular weight excluding hydrogens is 370 g/mol. The number of carbonyl (C=O) groups is 1. The standard InChI is InChI=1S/C19H24ClN3O2S/c1-13(19(24)23(2)16-7-9-21-10-8-16)26-12-18-22-11-17(25-18)14-3-5-15(20)6-4-14/h3-6,11,13,16,21H,7-10,12H2,1-2H3. The van der Waals surface area contributed by atoms with Gasteiger partial charge in [0.05, 0.1) is 17.2 Å². The van der Waals surface area contributed by atoms with E-state index in [2.05, 4.69) is 10.3 Å². The van der Waals surface area contributed by atoms with Gasteiger partial charge in [-0.25, -0.2) is 4.98 Å². The highest BCUT2D eigenvalue weighted by Gasteiger charge is 2.26. The summed E-state index contributed by atoms with van der Waals surface area (Å²) in [6.07, 6.45) is 3.75. The summed E-state index contributed by atoms with van der Waals surface area (Å²) in [7, 11) is 1.92. The Morgan fingerprint density at radius 1 is 1.38 bits per heavy atom. The molecule has 2 aromatic rings. The van der Waals surface area contributed by atoms with Crippen molar-refractivity contribution in [3.63, 3.8) is 0 Å². The average Bonchev–Trinajstić information content (AvgIpc) is 3.15. The zero-order chi connectivity index (χ0) is 18.5. The number of nitrogens with zero attached hydrogens (tertiary/aromatic N) is 2. The second-order valence-electron chi connectivity index (χ2n) is 6.51. The van der Waals surface area contributed by atoms with Gasteiger partial charge in [-0.05, 0) is 57.1 Å². The number of carbonyl (C=O) groups excluding carboxylic acids is 1. The minimum atomic E-state index is -0.124. The Balaban J connectivity index is 1.53. The summed E-state index contributed by atoms with van der Waals surface area (Å²) in [4.78, 5) is 18.9. The highest BCUT2D eigenvalue weighted by molar-refractivity contribution is 7.99. The second-order valence-corrected chi connectivity index (χ2v) is 8.27. The predicted molar refractivity (Wildman–Crippen MR) is 106 cm³/mol. The molecule has 1 N–H and O–H groups in total. The molecule has 1 saturated heterocycles. The molecule has 1 unspecified atom stereocenters. The van der Waals surface area contributed by atoms with Crippen LogP contribution in [0.5, 0.6) is 0 Å². The van der Waals surface area contributed by atoms with E-state index in [9.17, 15) is 4.79 Å². The van der Waals surface area contributed by atoms with E-state index in [-0.39, 0.29) is 11.2 Å². The maximum absolute atomic E-state index is 12.6. The lowest BCUT2D eigenvalue weighted by molar-refractivity contribution is -0.131. The van der Waals surface area contributed by atoms with E-state index in [1.165, 1.54) is 0 Å². The maximum Gasteiger partial charge on any atom is 0.235 e. The summed E-state index contributed by atoms with van der Waals surface area (Å²) in [5.41, 5.74) is 0.938. The molecular formula is C19H24ClN3O2S. The van der Waals surface area contributed by atoms with Crippen LogP contribution in [-0.2, 0) is 10.5 Å². The summed E-state index contributed by atoms with van der Waals surface area (Å²) in [6, 6.07) is 7.79. The number of rotatable bonds is 6. The molecule has 2 heterocycles. The first-order valence-corrected chi connectivity index (χ1v) is 10.3. The minimum Gasteiger partial charge on any atom is -0.440 e. The normalized spacial score (nSPS) is 16.4. The molecule has 1 aromatic carbocycles. The quantitative estimate of drug-likeness (QED) is 0.808. The van der Waals surface area contributed by atoms with Gasteiger partial charge < -0.3 is 14.6 Å². The van der Waals surface area contributed by atoms with Crippen LogP contribution in [0.3, 0.4) is 0 Å². The number of piperidine rings is 1. The van der Waals surface area contributed by atoms with Crippen LogP contribution in [0.25, 0.3) is 11.3 Å². The van der Waals surface area contributed by atoms with Crippen LogP contribution in [0.15, 0.2) is 34.9 Å². The highest BCUT2D eigenvalue weighted by Crippen LogP contribution is 2.26. The summed E-state index contributed by atoms with van der Waals surface area (Å²) < 4.78 is 5.81. The van der Waals surface area contributed by atoms with Crippen molar-refractivity contribution in [2.24, 2.45) is 0 Å². The van der Waals surface area contributed by atoms with E-state index in [4.69, 9.17) is 16.0 Å². The smallest absolute Gasteiger partial charge is 0.235 e. The molecule has 140 valence electrons. The summed E-state index contributed by atoms with van der Waals surface area (Å²) >= 11 is 7.47. The molecule has 0 bridgehead atoms. The Kier molecular flexibility index (Phi) is 6.62. The molecule has 0 spiro atoms. The van der Waals surface area contributed by atoms with Crippen molar-refractivity contribution >= 4 is 29.3 Å². The second kappa shape index (κ2) is 8.93. The van der Waals surface area contributed by atoms with Crippen molar-refractivity contribution in [3.05, 3.63) is 41.4 Å². The zero-order valence-electron chi connectivity index (χ0n) is 15.1. The average molecular weight is 394 g/mol. The number of hydrogen-bond donors (Lipinski definition) is 1. The van der Waals surface area contributed by atoms with Crippen molar-refractivity contribution in [3.8, 4) is 11.3 Å². The van der Waals surface area contributed by atoms with Gasteiger partial charge in [-0.15, -0.1) is 11.8 Å². The van der Waals surface area contributed by atoms with Crippen LogP contribution >= 0.6 is 23.4 Å². The third-order valence-electron chi connectivity index (χ3n) is 4.69. The number of amides is 1. The molecule has 1 aliphatic heterocycles. The van der Waals surface area contributed by atoms with Crippen LogP contribution in [0.2, 0.25) is 5.02 Å². The highest BCUT2D eigenvalue weighted by atomic mass is 35.5. The van der Waals surface area contributed by atoms with Crippen molar-refractivity contribution in [1.29, 1.82) is 0 Å². The molecule has 1 aromatic heterocycles. The van der Waals surface area contributed by atoms with E-state index in [0.29, 0.717) is 28.5 Å². The molecule has 26 heavy (non-hydrogen) atoms. The maximum atomic E-state index is 12.6. The Hall–Kier alpha value is -1.50. The number of nitrogens with one attached hydrogen (secondary N) is 1.